The Labute approximate surface area is 158 Å². The molecule has 0 saturated heterocycles. The van der Waals surface area contributed by atoms with Crippen LogP contribution in [0.5, 0.6) is 0 Å². The Bertz CT molecular complexity index is 997. The fraction of sp³-hybridized carbons (Fsp3) is 0.118. The Kier molecular flexibility index (Phi) is 5.32. The Balaban J connectivity index is 1.70. The van der Waals surface area contributed by atoms with E-state index in [-0.39, 0.29) is 35.9 Å². The molecule has 3 aromatic rings. The summed E-state index contributed by atoms with van der Waals surface area (Å²) >= 11 is 5.99. The number of nitrogens with one attached hydrogen (secondary N) is 2. The Morgan fingerprint density at radius 2 is 2.15 bits per heavy atom. The molecule has 0 unspecified atom stereocenters. The first-order valence-corrected chi connectivity index (χ1v) is 8.26. The number of rotatable bonds is 7. The summed E-state index contributed by atoms with van der Waals surface area (Å²) in [7, 11) is 0. The van der Waals surface area contributed by atoms with Gasteiger partial charge in [-0.2, -0.15) is 5.10 Å². The molecule has 1 aromatic carbocycles. The highest BCUT2D eigenvalue weighted by Gasteiger charge is 2.17. The minimum atomic E-state index is -0.560. The third-order valence-corrected chi connectivity index (χ3v) is 3.98. The van der Waals surface area contributed by atoms with Gasteiger partial charge in [0.2, 0.25) is 11.7 Å². The number of nitrogens with zero attached hydrogens (tertiary/aromatic N) is 3. The van der Waals surface area contributed by atoms with Gasteiger partial charge in [-0.25, -0.2) is 0 Å². The third-order valence-electron chi connectivity index (χ3n) is 3.74. The Morgan fingerprint density at radius 3 is 2.81 bits per heavy atom. The molecular formula is C17H14ClN5O4. The highest BCUT2D eigenvalue weighted by molar-refractivity contribution is 6.31. The van der Waals surface area contributed by atoms with Gasteiger partial charge in [0.05, 0.1) is 16.3 Å². The van der Waals surface area contributed by atoms with Crippen molar-refractivity contribution < 1.29 is 14.5 Å². The molecule has 0 atom stereocenters. The molecule has 0 aliphatic carbocycles. The number of aromatic nitrogens is 3. The topological polar surface area (TPSA) is 123 Å². The van der Waals surface area contributed by atoms with Crippen molar-refractivity contribution in [2.24, 2.45) is 0 Å². The van der Waals surface area contributed by atoms with Crippen molar-refractivity contribution in [2.45, 2.75) is 13.0 Å². The number of aryl methyl sites for hydroxylation is 1. The van der Waals surface area contributed by atoms with Gasteiger partial charge in [-0.3, -0.25) is 24.4 Å². The van der Waals surface area contributed by atoms with Gasteiger partial charge in [0.15, 0.2) is 0 Å². The van der Waals surface area contributed by atoms with Crippen molar-refractivity contribution in [1.29, 1.82) is 0 Å². The van der Waals surface area contributed by atoms with Crippen molar-refractivity contribution in [3.8, 4) is 0 Å². The lowest BCUT2D eigenvalue weighted by Crippen LogP contribution is -2.17. The van der Waals surface area contributed by atoms with Crippen molar-refractivity contribution >= 4 is 34.7 Å². The van der Waals surface area contributed by atoms with Gasteiger partial charge in [0.1, 0.15) is 12.4 Å². The van der Waals surface area contributed by atoms with Gasteiger partial charge in [0, 0.05) is 29.7 Å². The number of nitro groups is 1. The van der Waals surface area contributed by atoms with E-state index in [1.165, 1.54) is 16.9 Å². The van der Waals surface area contributed by atoms with Crippen LogP contribution in [0.25, 0.3) is 0 Å². The molecule has 2 aromatic heterocycles. The summed E-state index contributed by atoms with van der Waals surface area (Å²) in [5.74, 6) is -0.670. The summed E-state index contributed by atoms with van der Waals surface area (Å²) in [4.78, 5) is 37.7. The summed E-state index contributed by atoms with van der Waals surface area (Å²) in [6, 6.07) is 7.92. The predicted octanol–water partition coefficient (Wildman–Crippen LogP) is 3.03. The number of halogens is 1. The second-order valence-corrected chi connectivity index (χ2v) is 6.06. The van der Waals surface area contributed by atoms with E-state index in [0.29, 0.717) is 16.4 Å². The van der Waals surface area contributed by atoms with Crippen molar-refractivity contribution in [3.63, 3.8) is 0 Å². The number of anilines is 1. The number of ketones is 1. The van der Waals surface area contributed by atoms with Crippen molar-refractivity contribution in [2.75, 3.05) is 5.32 Å². The van der Waals surface area contributed by atoms with E-state index in [9.17, 15) is 19.7 Å². The number of amides is 1. The quantitative estimate of drug-likeness (QED) is 0.366. The molecule has 138 valence electrons. The van der Waals surface area contributed by atoms with Gasteiger partial charge in [-0.15, -0.1) is 0 Å². The summed E-state index contributed by atoms with van der Waals surface area (Å²) in [6.45, 7) is 0.160. The van der Waals surface area contributed by atoms with Gasteiger partial charge in [-0.1, -0.05) is 11.6 Å². The average molecular weight is 388 g/mol. The van der Waals surface area contributed by atoms with Gasteiger partial charge in [-0.05, 0) is 30.3 Å². The molecule has 2 N–H and O–H groups in total. The number of carbonyl (C=O) groups excluding carboxylic acids is 2. The molecule has 0 spiro atoms. The van der Waals surface area contributed by atoms with Crippen LogP contribution in [0.2, 0.25) is 5.02 Å². The first-order valence-electron chi connectivity index (χ1n) is 7.88. The highest BCUT2D eigenvalue weighted by atomic mass is 35.5. The maximum atomic E-state index is 12.6. The van der Waals surface area contributed by atoms with Crippen LogP contribution in [0.15, 0.2) is 48.9 Å². The maximum absolute atomic E-state index is 12.6. The summed E-state index contributed by atoms with van der Waals surface area (Å²) < 4.78 is 1.31. The van der Waals surface area contributed by atoms with Gasteiger partial charge < -0.3 is 10.3 Å². The van der Waals surface area contributed by atoms with E-state index in [1.54, 1.807) is 30.5 Å². The molecule has 0 fully saturated rings. The highest BCUT2D eigenvalue weighted by Crippen LogP contribution is 2.23. The molecule has 0 saturated carbocycles. The van der Waals surface area contributed by atoms with Crippen LogP contribution >= 0.6 is 11.6 Å². The number of benzene rings is 1. The Morgan fingerprint density at radius 1 is 1.33 bits per heavy atom. The number of carbonyl (C=O) groups is 2. The number of hydrogen-bond acceptors (Lipinski definition) is 5. The molecule has 0 aliphatic rings. The van der Waals surface area contributed by atoms with E-state index < -0.39 is 4.92 Å². The van der Waals surface area contributed by atoms with Gasteiger partial charge in [0.25, 0.3) is 0 Å². The zero-order valence-electron chi connectivity index (χ0n) is 13.9. The summed E-state index contributed by atoms with van der Waals surface area (Å²) in [6.07, 6.45) is 4.01. The monoisotopic (exact) mass is 387 g/mol. The molecule has 1 amide bonds. The summed E-state index contributed by atoms with van der Waals surface area (Å²) in [5, 5.41) is 17.5. The number of aromatic amines is 1. The Hall–Kier alpha value is -3.46. The van der Waals surface area contributed by atoms with Crippen LogP contribution in [0.4, 0.5) is 11.4 Å². The van der Waals surface area contributed by atoms with Crippen LogP contribution in [-0.2, 0) is 11.3 Å². The molecule has 0 radical (unpaired) electrons. The van der Waals surface area contributed by atoms with Crippen LogP contribution in [0.1, 0.15) is 22.5 Å². The van der Waals surface area contributed by atoms with E-state index in [0.717, 1.165) is 6.20 Å². The molecule has 27 heavy (non-hydrogen) atoms. The fourth-order valence-corrected chi connectivity index (χ4v) is 2.60. The maximum Gasteiger partial charge on any atom is 0.306 e. The standard InChI is InChI=1S/C17H14ClN5O4/c18-11-3-4-14(13(8-11)17(25)15-2-1-6-19-15)21-16(24)5-7-22-10-12(9-20-22)23(26)27/h1-4,6,8-10,19H,5,7H2,(H,21,24). The molecule has 10 heteroatoms. The fourth-order valence-electron chi connectivity index (χ4n) is 2.43. The average Bonchev–Trinajstić information content (AvgIpc) is 3.33. The second-order valence-electron chi connectivity index (χ2n) is 5.62. The van der Waals surface area contributed by atoms with Gasteiger partial charge >= 0.3 is 5.69 Å². The predicted molar refractivity (Wildman–Crippen MR) is 97.8 cm³/mol. The molecule has 0 aliphatic heterocycles. The minimum absolute atomic E-state index is 0.0254. The molecule has 3 rings (SSSR count). The number of H-pyrrole nitrogens is 1. The smallest absolute Gasteiger partial charge is 0.306 e. The summed E-state index contributed by atoms with van der Waals surface area (Å²) in [5.41, 5.74) is 0.812. The third kappa shape index (κ3) is 4.39. The zero-order chi connectivity index (χ0) is 19.4. The van der Waals surface area contributed by atoms with Crippen LogP contribution in [0.3, 0.4) is 0 Å². The van der Waals surface area contributed by atoms with Crippen LogP contribution in [-0.4, -0.2) is 31.4 Å². The van der Waals surface area contributed by atoms with Crippen LogP contribution < -0.4 is 5.32 Å². The minimum Gasteiger partial charge on any atom is -0.359 e. The van der Waals surface area contributed by atoms with E-state index in [1.807, 2.05) is 0 Å². The largest absolute Gasteiger partial charge is 0.359 e. The van der Waals surface area contributed by atoms with Crippen molar-refractivity contribution in [1.82, 2.24) is 14.8 Å². The molecule has 9 nitrogen and oxygen atoms in total. The first kappa shape index (κ1) is 18.3. The molecule has 0 bridgehead atoms. The lowest BCUT2D eigenvalue weighted by Gasteiger charge is -2.10. The van der Waals surface area contributed by atoms with Crippen molar-refractivity contribution in [3.05, 3.63) is 75.3 Å². The molecule has 2 heterocycles. The molecular weight excluding hydrogens is 374 g/mol. The first-order chi connectivity index (χ1) is 12.9. The van der Waals surface area contributed by atoms with E-state index in [4.69, 9.17) is 11.6 Å². The van der Waals surface area contributed by atoms with Crippen LogP contribution in [0, 0.1) is 10.1 Å². The normalized spacial score (nSPS) is 10.6. The van der Waals surface area contributed by atoms with E-state index >= 15 is 0 Å². The lowest BCUT2D eigenvalue weighted by atomic mass is 10.1. The SMILES string of the molecule is O=C(CCn1cc([N+](=O)[O-])cn1)Nc1ccc(Cl)cc1C(=O)c1ccc[nH]1. The van der Waals surface area contributed by atoms with E-state index in [2.05, 4.69) is 15.4 Å². The lowest BCUT2D eigenvalue weighted by molar-refractivity contribution is -0.385. The number of hydrogen-bond donors (Lipinski definition) is 2. The second kappa shape index (κ2) is 7.83. The zero-order valence-corrected chi connectivity index (χ0v) is 14.6.